The predicted molar refractivity (Wildman–Crippen MR) is 50.3 cm³/mol. The first-order chi connectivity index (χ1) is 6.01. The van der Waals surface area contributed by atoms with Crippen LogP contribution in [0, 0.1) is 0 Å². The van der Waals surface area contributed by atoms with E-state index in [4.69, 9.17) is 19.4 Å². The van der Waals surface area contributed by atoms with E-state index in [2.05, 4.69) is 0 Å². The van der Waals surface area contributed by atoms with Gasteiger partial charge in [-0.1, -0.05) is 12.1 Å². The van der Waals surface area contributed by atoms with Gasteiger partial charge in [0.05, 0.1) is 7.11 Å². The van der Waals surface area contributed by atoms with Crippen molar-refractivity contribution >= 4 is 7.94 Å². The molecule has 1 aromatic carbocycles. The fourth-order valence-corrected chi connectivity index (χ4v) is 1.68. The summed E-state index contributed by atoms with van der Waals surface area (Å²) in [5, 5.41) is 0. The van der Waals surface area contributed by atoms with Crippen molar-refractivity contribution in [2.75, 3.05) is 7.11 Å². The summed E-state index contributed by atoms with van der Waals surface area (Å²) in [5.41, 5.74) is 0.668. The highest BCUT2D eigenvalue weighted by molar-refractivity contribution is 7.57. The van der Waals surface area contributed by atoms with E-state index in [9.17, 15) is 0 Å². The SMILES string of the molecule is COc1ccc(C[P+](O)(O)O)cc1. The molecule has 1 aromatic rings. The first kappa shape index (κ1) is 10.4. The lowest BCUT2D eigenvalue weighted by molar-refractivity contribution is 0.329. The van der Waals surface area contributed by atoms with E-state index in [1.165, 1.54) is 0 Å². The maximum atomic E-state index is 8.79. The van der Waals surface area contributed by atoms with Crippen LogP contribution in [0.25, 0.3) is 0 Å². The largest absolute Gasteiger partial charge is 0.497 e. The standard InChI is InChI=1S/C8H12O4P/c1-12-8-4-2-7(3-5-8)6-13(9,10)11/h2-5,9-11H,6H2,1H3/q+1. The highest BCUT2D eigenvalue weighted by Crippen LogP contribution is 2.48. The quantitative estimate of drug-likeness (QED) is 0.639. The van der Waals surface area contributed by atoms with Gasteiger partial charge in [0.1, 0.15) is 5.75 Å². The molecule has 4 nitrogen and oxygen atoms in total. The van der Waals surface area contributed by atoms with Crippen LogP contribution in [-0.2, 0) is 6.16 Å². The Kier molecular flexibility index (Phi) is 3.22. The minimum Gasteiger partial charge on any atom is -0.497 e. The van der Waals surface area contributed by atoms with Crippen molar-refractivity contribution in [2.24, 2.45) is 0 Å². The third kappa shape index (κ3) is 3.70. The number of benzene rings is 1. The third-order valence-electron chi connectivity index (χ3n) is 1.55. The highest BCUT2D eigenvalue weighted by atomic mass is 31.2. The van der Waals surface area contributed by atoms with Gasteiger partial charge in [-0.05, 0) is 17.7 Å². The van der Waals surface area contributed by atoms with Crippen LogP contribution in [-0.4, -0.2) is 21.8 Å². The summed E-state index contributed by atoms with van der Waals surface area (Å²) in [4.78, 5) is 26.4. The van der Waals surface area contributed by atoms with Crippen molar-refractivity contribution in [3.8, 4) is 5.75 Å². The molecule has 0 aliphatic heterocycles. The monoisotopic (exact) mass is 203 g/mol. The van der Waals surface area contributed by atoms with Gasteiger partial charge < -0.3 is 4.74 Å². The third-order valence-corrected chi connectivity index (χ3v) is 2.34. The summed E-state index contributed by atoms with van der Waals surface area (Å²) < 4.78 is 4.92. The smallest absolute Gasteiger partial charge is 0.408 e. The number of methoxy groups -OCH3 is 1. The molecule has 0 saturated heterocycles. The van der Waals surface area contributed by atoms with Gasteiger partial charge in [0, 0.05) is 0 Å². The van der Waals surface area contributed by atoms with Gasteiger partial charge in [0.15, 0.2) is 6.16 Å². The van der Waals surface area contributed by atoms with Crippen molar-refractivity contribution in [2.45, 2.75) is 6.16 Å². The van der Waals surface area contributed by atoms with Gasteiger partial charge in [-0.2, -0.15) is 14.7 Å². The zero-order chi connectivity index (χ0) is 9.90. The Labute approximate surface area is 77.0 Å². The van der Waals surface area contributed by atoms with Crippen LogP contribution in [0.4, 0.5) is 0 Å². The van der Waals surface area contributed by atoms with E-state index in [0.717, 1.165) is 0 Å². The van der Waals surface area contributed by atoms with Gasteiger partial charge in [-0.3, -0.25) is 0 Å². The summed E-state index contributed by atoms with van der Waals surface area (Å²) in [6.45, 7) is 0. The molecule has 0 aliphatic rings. The molecule has 13 heavy (non-hydrogen) atoms. The minimum atomic E-state index is -3.70. The molecule has 0 aromatic heterocycles. The molecular weight excluding hydrogens is 191 g/mol. The number of hydrogen-bond donors (Lipinski definition) is 3. The normalized spacial score (nSPS) is 11.4. The van der Waals surface area contributed by atoms with Crippen molar-refractivity contribution in [3.05, 3.63) is 29.8 Å². The summed E-state index contributed by atoms with van der Waals surface area (Å²) in [6, 6.07) is 6.75. The average molecular weight is 203 g/mol. The maximum absolute atomic E-state index is 8.79. The Bertz CT molecular complexity index is 264. The minimum absolute atomic E-state index is 0.114. The van der Waals surface area contributed by atoms with Gasteiger partial charge in [0.25, 0.3) is 0 Å². The molecular formula is C8H12O4P+. The van der Waals surface area contributed by atoms with E-state index < -0.39 is 7.94 Å². The van der Waals surface area contributed by atoms with Gasteiger partial charge in [0.2, 0.25) is 0 Å². The Balaban J connectivity index is 2.70. The van der Waals surface area contributed by atoms with Crippen LogP contribution >= 0.6 is 7.94 Å². The first-order valence-electron chi connectivity index (χ1n) is 3.70. The first-order valence-corrected chi connectivity index (χ1v) is 5.54. The van der Waals surface area contributed by atoms with Gasteiger partial charge in [-0.25, -0.2) is 0 Å². The summed E-state index contributed by atoms with van der Waals surface area (Å²) in [6.07, 6.45) is -0.114. The van der Waals surface area contributed by atoms with Crippen LogP contribution in [0.1, 0.15) is 5.56 Å². The summed E-state index contributed by atoms with van der Waals surface area (Å²) >= 11 is 0. The predicted octanol–water partition coefficient (Wildman–Crippen LogP) is 0.935. The molecule has 0 saturated carbocycles. The highest BCUT2D eigenvalue weighted by Gasteiger charge is 2.29. The summed E-state index contributed by atoms with van der Waals surface area (Å²) in [5.74, 6) is 0.696. The Morgan fingerprint density at radius 1 is 1.15 bits per heavy atom. The summed E-state index contributed by atoms with van der Waals surface area (Å²) in [7, 11) is -2.15. The number of ether oxygens (including phenoxy) is 1. The van der Waals surface area contributed by atoms with Crippen molar-refractivity contribution in [1.82, 2.24) is 0 Å². The molecule has 0 unspecified atom stereocenters. The molecule has 0 radical (unpaired) electrons. The Hall–Kier alpha value is -0.670. The maximum Gasteiger partial charge on any atom is 0.408 e. The lowest BCUT2D eigenvalue weighted by Crippen LogP contribution is -1.93. The molecule has 3 N–H and O–H groups in total. The Morgan fingerprint density at radius 3 is 2.08 bits per heavy atom. The second kappa shape index (κ2) is 4.03. The van der Waals surface area contributed by atoms with Crippen LogP contribution in [0.2, 0.25) is 0 Å². The zero-order valence-electron chi connectivity index (χ0n) is 7.21. The lowest BCUT2D eigenvalue weighted by atomic mass is 10.2. The van der Waals surface area contributed by atoms with Crippen molar-refractivity contribution in [1.29, 1.82) is 0 Å². The van der Waals surface area contributed by atoms with Crippen LogP contribution in [0.5, 0.6) is 5.75 Å². The zero-order valence-corrected chi connectivity index (χ0v) is 8.11. The molecule has 0 amide bonds. The Morgan fingerprint density at radius 2 is 1.69 bits per heavy atom. The fourth-order valence-electron chi connectivity index (χ4n) is 0.976. The van der Waals surface area contributed by atoms with E-state index in [0.29, 0.717) is 11.3 Å². The van der Waals surface area contributed by atoms with Gasteiger partial charge >= 0.3 is 7.94 Å². The number of hydrogen-bond acceptors (Lipinski definition) is 4. The van der Waals surface area contributed by atoms with E-state index in [-0.39, 0.29) is 6.16 Å². The van der Waals surface area contributed by atoms with E-state index in [1.807, 2.05) is 0 Å². The van der Waals surface area contributed by atoms with Crippen molar-refractivity contribution in [3.63, 3.8) is 0 Å². The molecule has 0 fully saturated rings. The molecule has 0 heterocycles. The molecule has 0 aliphatic carbocycles. The molecule has 72 valence electrons. The molecule has 0 bridgehead atoms. The van der Waals surface area contributed by atoms with Crippen LogP contribution < -0.4 is 4.74 Å². The van der Waals surface area contributed by atoms with E-state index in [1.54, 1.807) is 31.4 Å². The molecule has 5 heteroatoms. The van der Waals surface area contributed by atoms with Crippen LogP contribution in [0.3, 0.4) is 0 Å². The van der Waals surface area contributed by atoms with E-state index >= 15 is 0 Å². The molecule has 0 spiro atoms. The second-order valence-electron chi connectivity index (χ2n) is 2.70. The lowest BCUT2D eigenvalue weighted by Gasteiger charge is -2.04. The van der Waals surface area contributed by atoms with Gasteiger partial charge in [-0.15, -0.1) is 0 Å². The van der Waals surface area contributed by atoms with Crippen LogP contribution in [0.15, 0.2) is 24.3 Å². The topological polar surface area (TPSA) is 69.9 Å². The number of rotatable bonds is 3. The molecule has 0 atom stereocenters. The molecule has 1 rings (SSSR count). The van der Waals surface area contributed by atoms with Crippen molar-refractivity contribution < 1.29 is 19.4 Å². The fraction of sp³-hybridized carbons (Fsp3) is 0.250. The average Bonchev–Trinajstić information content (AvgIpc) is 2.03. The second-order valence-corrected chi connectivity index (χ2v) is 4.40.